The average molecular weight is 264 g/mol. The van der Waals surface area contributed by atoms with E-state index in [-0.39, 0.29) is 12.1 Å². The molecule has 5 nitrogen and oxygen atoms in total. The van der Waals surface area contributed by atoms with Crippen molar-refractivity contribution in [2.45, 2.75) is 25.9 Å². The van der Waals surface area contributed by atoms with Crippen molar-refractivity contribution in [1.82, 2.24) is 0 Å². The second-order valence-electron chi connectivity index (χ2n) is 4.91. The maximum Gasteiger partial charge on any atom is 0.339 e. The number of hydrogen-bond acceptors (Lipinski definition) is 5. The predicted molar refractivity (Wildman–Crippen MR) is 74.4 cm³/mol. The molecule has 1 aliphatic rings. The smallest absolute Gasteiger partial charge is 0.339 e. The summed E-state index contributed by atoms with van der Waals surface area (Å²) in [6.45, 7) is 5.62. The minimum Gasteiger partial charge on any atom is -0.465 e. The molecule has 1 aliphatic heterocycles. The first-order chi connectivity index (χ1) is 9.04. The molecule has 0 saturated carbocycles. The van der Waals surface area contributed by atoms with Crippen LogP contribution >= 0.6 is 0 Å². The van der Waals surface area contributed by atoms with Crippen LogP contribution in [0.5, 0.6) is 0 Å². The van der Waals surface area contributed by atoms with E-state index in [1.54, 1.807) is 6.07 Å². The van der Waals surface area contributed by atoms with Gasteiger partial charge >= 0.3 is 5.97 Å². The number of esters is 1. The van der Waals surface area contributed by atoms with Crippen LogP contribution in [0.15, 0.2) is 18.2 Å². The van der Waals surface area contributed by atoms with Crippen LogP contribution < -0.4 is 10.6 Å². The van der Waals surface area contributed by atoms with Crippen LogP contribution in [0.3, 0.4) is 0 Å². The van der Waals surface area contributed by atoms with Gasteiger partial charge < -0.3 is 20.1 Å². The highest BCUT2D eigenvalue weighted by molar-refractivity contribution is 5.95. The van der Waals surface area contributed by atoms with Gasteiger partial charge in [-0.2, -0.15) is 0 Å². The lowest BCUT2D eigenvalue weighted by atomic mass is 10.1. The van der Waals surface area contributed by atoms with Crippen molar-refractivity contribution in [3.05, 3.63) is 23.8 Å². The van der Waals surface area contributed by atoms with Gasteiger partial charge in [0, 0.05) is 23.5 Å². The summed E-state index contributed by atoms with van der Waals surface area (Å²) in [5.74, 6) is -0.410. The number of carbonyl (C=O) groups excluding carboxylic acids is 1. The van der Waals surface area contributed by atoms with Crippen LogP contribution in [0.25, 0.3) is 0 Å². The summed E-state index contributed by atoms with van der Waals surface area (Å²) in [7, 11) is 1.35. The Kier molecular flexibility index (Phi) is 3.95. The predicted octanol–water partition coefficient (Wildman–Crippen LogP) is 1.67. The molecule has 1 aromatic carbocycles. The standard InChI is InChI=1S/C14H20N2O3/c1-9-7-19-8-10(2)16(9)11-4-5-12(13(15)6-11)14(17)18-3/h4-6,9-10H,7-8,15H2,1-3H3. The Morgan fingerprint density at radius 1 is 1.37 bits per heavy atom. The molecule has 0 radical (unpaired) electrons. The molecule has 0 amide bonds. The maximum atomic E-state index is 11.5. The molecule has 1 aromatic rings. The Bertz CT molecular complexity index is 466. The van der Waals surface area contributed by atoms with Crippen molar-refractivity contribution >= 4 is 17.3 Å². The number of ether oxygens (including phenoxy) is 2. The molecule has 2 N–H and O–H groups in total. The van der Waals surface area contributed by atoms with Crippen molar-refractivity contribution in [3.8, 4) is 0 Å². The number of methoxy groups -OCH3 is 1. The van der Waals surface area contributed by atoms with Crippen LogP contribution in [0, 0.1) is 0 Å². The summed E-state index contributed by atoms with van der Waals surface area (Å²) < 4.78 is 10.2. The molecule has 0 aliphatic carbocycles. The summed E-state index contributed by atoms with van der Waals surface area (Å²) in [5, 5.41) is 0. The molecular formula is C14H20N2O3. The molecule has 19 heavy (non-hydrogen) atoms. The van der Waals surface area contributed by atoms with Gasteiger partial charge in [-0.1, -0.05) is 0 Å². The summed E-state index contributed by atoms with van der Waals surface area (Å²) in [6.07, 6.45) is 0. The van der Waals surface area contributed by atoms with Gasteiger partial charge in [-0.25, -0.2) is 4.79 Å². The van der Waals surface area contributed by atoms with Crippen LogP contribution in [0.4, 0.5) is 11.4 Å². The Balaban J connectivity index is 2.30. The molecule has 104 valence electrons. The molecule has 1 heterocycles. The van der Waals surface area contributed by atoms with Gasteiger partial charge in [0.2, 0.25) is 0 Å². The number of benzene rings is 1. The first-order valence-electron chi connectivity index (χ1n) is 6.38. The molecular weight excluding hydrogens is 244 g/mol. The van der Waals surface area contributed by atoms with E-state index in [2.05, 4.69) is 18.7 Å². The highest BCUT2D eigenvalue weighted by Crippen LogP contribution is 2.27. The SMILES string of the molecule is COC(=O)c1ccc(N2C(C)COCC2C)cc1N. The molecule has 2 unspecified atom stereocenters. The highest BCUT2D eigenvalue weighted by atomic mass is 16.5. The quantitative estimate of drug-likeness (QED) is 0.650. The van der Waals surface area contributed by atoms with Crippen LogP contribution in [0.2, 0.25) is 0 Å². The third kappa shape index (κ3) is 2.66. The summed E-state index contributed by atoms with van der Waals surface area (Å²) in [6, 6.07) is 6.01. The average Bonchev–Trinajstić information content (AvgIpc) is 2.38. The zero-order chi connectivity index (χ0) is 14.0. The lowest BCUT2D eigenvalue weighted by Gasteiger charge is -2.40. The van der Waals surface area contributed by atoms with Crippen LogP contribution in [-0.2, 0) is 9.47 Å². The van der Waals surface area contributed by atoms with Gasteiger partial charge in [0.25, 0.3) is 0 Å². The van der Waals surface area contributed by atoms with Gasteiger partial charge in [0.15, 0.2) is 0 Å². The zero-order valence-electron chi connectivity index (χ0n) is 11.6. The topological polar surface area (TPSA) is 64.8 Å². The fourth-order valence-corrected chi connectivity index (χ4v) is 2.52. The first kappa shape index (κ1) is 13.7. The van der Waals surface area contributed by atoms with Gasteiger partial charge in [-0.3, -0.25) is 0 Å². The Labute approximate surface area is 113 Å². The first-order valence-corrected chi connectivity index (χ1v) is 6.38. The van der Waals surface area contributed by atoms with E-state index < -0.39 is 5.97 Å². The molecule has 5 heteroatoms. The van der Waals surface area contributed by atoms with Crippen LogP contribution in [-0.4, -0.2) is 38.4 Å². The van der Waals surface area contributed by atoms with E-state index in [0.29, 0.717) is 24.5 Å². The molecule has 0 aromatic heterocycles. The van der Waals surface area contributed by atoms with E-state index in [4.69, 9.17) is 15.2 Å². The monoisotopic (exact) mass is 264 g/mol. The maximum absolute atomic E-state index is 11.5. The second kappa shape index (κ2) is 5.48. The molecule has 0 bridgehead atoms. The van der Waals surface area contributed by atoms with E-state index in [9.17, 15) is 4.79 Å². The Morgan fingerprint density at radius 2 is 2.00 bits per heavy atom. The molecule has 2 atom stereocenters. The van der Waals surface area contributed by atoms with Gasteiger partial charge in [0.05, 0.1) is 25.9 Å². The number of anilines is 2. The number of nitrogens with two attached hydrogens (primary N) is 1. The number of nitrogen functional groups attached to an aromatic ring is 1. The number of rotatable bonds is 2. The van der Waals surface area contributed by atoms with E-state index >= 15 is 0 Å². The molecule has 0 spiro atoms. The lowest BCUT2D eigenvalue weighted by Crippen LogP contribution is -2.49. The largest absolute Gasteiger partial charge is 0.465 e. The fourth-order valence-electron chi connectivity index (χ4n) is 2.52. The second-order valence-corrected chi connectivity index (χ2v) is 4.91. The third-order valence-electron chi connectivity index (χ3n) is 3.41. The highest BCUT2D eigenvalue weighted by Gasteiger charge is 2.26. The number of hydrogen-bond donors (Lipinski definition) is 1. The molecule has 1 fully saturated rings. The lowest BCUT2D eigenvalue weighted by molar-refractivity contribution is 0.0602. The van der Waals surface area contributed by atoms with E-state index in [1.807, 2.05) is 12.1 Å². The summed E-state index contributed by atoms with van der Waals surface area (Å²) in [4.78, 5) is 13.8. The van der Waals surface area contributed by atoms with Crippen molar-refractivity contribution in [3.63, 3.8) is 0 Å². The van der Waals surface area contributed by atoms with Gasteiger partial charge in [-0.15, -0.1) is 0 Å². The Hall–Kier alpha value is -1.75. The minimum absolute atomic E-state index is 0.284. The number of carbonyl (C=O) groups is 1. The number of morpholine rings is 1. The van der Waals surface area contributed by atoms with Crippen LogP contribution in [0.1, 0.15) is 24.2 Å². The molecule has 2 rings (SSSR count). The van der Waals surface area contributed by atoms with Crippen molar-refractivity contribution < 1.29 is 14.3 Å². The van der Waals surface area contributed by atoms with Crippen molar-refractivity contribution in [2.75, 3.05) is 31.0 Å². The van der Waals surface area contributed by atoms with Gasteiger partial charge in [-0.05, 0) is 32.0 Å². The van der Waals surface area contributed by atoms with E-state index in [0.717, 1.165) is 5.69 Å². The van der Waals surface area contributed by atoms with Crippen molar-refractivity contribution in [2.24, 2.45) is 0 Å². The summed E-state index contributed by atoms with van der Waals surface area (Å²) in [5.41, 5.74) is 7.79. The minimum atomic E-state index is -0.410. The molecule has 1 saturated heterocycles. The fraction of sp³-hybridized carbons (Fsp3) is 0.500. The zero-order valence-corrected chi connectivity index (χ0v) is 11.6. The third-order valence-corrected chi connectivity index (χ3v) is 3.41. The van der Waals surface area contributed by atoms with Crippen molar-refractivity contribution in [1.29, 1.82) is 0 Å². The van der Waals surface area contributed by atoms with E-state index in [1.165, 1.54) is 7.11 Å². The number of nitrogens with zero attached hydrogens (tertiary/aromatic N) is 1. The normalized spacial score (nSPS) is 23.2. The van der Waals surface area contributed by atoms with Gasteiger partial charge in [0.1, 0.15) is 0 Å². The Morgan fingerprint density at radius 3 is 2.53 bits per heavy atom. The summed E-state index contributed by atoms with van der Waals surface area (Å²) >= 11 is 0.